The first-order valence-corrected chi connectivity index (χ1v) is 9.49. The van der Waals surface area contributed by atoms with Gasteiger partial charge in [0, 0.05) is 44.5 Å². The Kier molecular flexibility index (Phi) is 14.1. The Hall–Kier alpha value is -2.01. The van der Waals surface area contributed by atoms with Crippen LogP contribution in [0.25, 0.3) is 0 Å². The zero-order valence-electron chi connectivity index (χ0n) is 17.0. The summed E-state index contributed by atoms with van der Waals surface area (Å²) in [7, 11) is 0. The van der Waals surface area contributed by atoms with Gasteiger partial charge in [0.25, 0.3) is 0 Å². The van der Waals surface area contributed by atoms with E-state index in [2.05, 4.69) is 46.7 Å². The van der Waals surface area contributed by atoms with E-state index in [1.165, 1.54) is 6.08 Å². The van der Waals surface area contributed by atoms with E-state index in [1.807, 2.05) is 26.8 Å². The van der Waals surface area contributed by atoms with Crippen molar-refractivity contribution in [2.45, 2.75) is 41.0 Å². The van der Waals surface area contributed by atoms with Gasteiger partial charge in [-0.1, -0.05) is 52.5 Å². The molecule has 0 aromatic carbocycles. The summed E-state index contributed by atoms with van der Waals surface area (Å²) >= 11 is 0. The van der Waals surface area contributed by atoms with E-state index in [1.54, 1.807) is 18.5 Å². The number of rotatable bonds is 6. The highest BCUT2D eigenvalue weighted by Crippen LogP contribution is 2.16. The second-order valence-electron chi connectivity index (χ2n) is 5.58. The molecule has 0 aliphatic carbocycles. The highest BCUT2D eigenvalue weighted by atomic mass is 19.1. The minimum absolute atomic E-state index is 0.138. The van der Waals surface area contributed by atoms with E-state index in [0.717, 1.165) is 44.1 Å². The first kappa shape index (κ1) is 24.0. The molecule has 146 valence electrons. The third-order valence-electron chi connectivity index (χ3n) is 3.63. The van der Waals surface area contributed by atoms with E-state index in [0.29, 0.717) is 0 Å². The Balaban J connectivity index is 0.00000301. The van der Waals surface area contributed by atoms with Gasteiger partial charge in [-0.05, 0) is 25.0 Å². The summed E-state index contributed by atoms with van der Waals surface area (Å²) in [5, 5.41) is 3.32. The lowest BCUT2D eigenvalue weighted by molar-refractivity contribution is 0.354. The van der Waals surface area contributed by atoms with Crippen LogP contribution in [0.1, 0.15) is 41.0 Å². The van der Waals surface area contributed by atoms with Gasteiger partial charge >= 0.3 is 0 Å². The van der Waals surface area contributed by atoms with Gasteiger partial charge < -0.3 is 10.2 Å². The molecule has 4 nitrogen and oxygen atoms in total. The quantitative estimate of drug-likeness (QED) is 0.415. The average Bonchev–Trinajstić information content (AvgIpc) is 2.66. The van der Waals surface area contributed by atoms with Crippen LogP contribution in [0, 0.1) is 5.92 Å². The molecule has 1 atom stereocenters. The van der Waals surface area contributed by atoms with Crippen molar-refractivity contribution >= 4 is 12.2 Å². The second-order valence-corrected chi connectivity index (χ2v) is 5.58. The highest BCUT2D eigenvalue weighted by molar-refractivity contribution is 5.87. The predicted molar refractivity (Wildman–Crippen MR) is 113 cm³/mol. The van der Waals surface area contributed by atoms with E-state index in [4.69, 9.17) is 0 Å². The molecule has 1 fully saturated rings. The SMILES string of the molecule is C=C(F)/C=C\C(=C/CC)C(C)/C=C/N=C(/N=C\C)N1CCNCC1.CC. The van der Waals surface area contributed by atoms with Gasteiger partial charge in [-0.15, -0.1) is 0 Å². The maximum absolute atomic E-state index is 12.8. The molecule has 0 aromatic rings. The number of hydrogen-bond acceptors (Lipinski definition) is 2. The topological polar surface area (TPSA) is 40.0 Å². The molecule has 1 rings (SSSR count). The minimum atomic E-state index is -0.440. The van der Waals surface area contributed by atoms with Crippen molar-refractivity contribution in [3.63, 3.8) is 0 Å². The van der Waals surface area contributed by atoms with Crippen LogP contribution in [0.5, 0.6) is 0 Å². The molecule has 1 heterocycles. The molecule has 1 N–H and O–H groups in total. The van der Waals surface area contributed by atoms with Crippen LogP contribution in [0.2, 0.25) is 0 Å². The fraction of sp³-hybridized carbons (Fsp3) is 0.524. The van der Waals surface area contributed by atoms with Crippen molar-refractivity contribution in [2.24, 2.45) is 15.9 Å². The second kappa shape index (κ2) is 15.3. The van der Waals surface area contributed by atoms with Crippen LogP contribution in [0.4, 0.5) is 4.39 Å². The summed E-state index contributed by atoms with van der Waals surface area (Å²) in [6.45, 7) is 17.0. The van der Waals surface area contributed by atoms with Crippen LogP contribution in [-0.2, 0) is 0 Å². The van der Waals surface area contributed by atoms with Crippen LogP contribution in [0.15, 0.2) is 58.5 Å². The number of piperazine rings is 1. The molecule has 0 bridgehead atoms. The van der Waals surface area contributed by atoms with Crippen molar-refractivity contribution < 1.29 is 4.39 Å². The Bertz CT molecular complexity index is 538. The standard InChI is InChI=1S/C19H29FN4.C2H6/c1-5-7-18(9-8-17(4)20)16(3)10-11-23-19(22-6-2)24-14-12-21-13-15-24;1-2/h6-11,16,21H,4-5,12-15H2,1-3H3;1-2H3/b9-8-,11-10+,18-7+,22-6-,23-19-;. The van der Waals surface area contributed by atoms with Gasteiger partial charge in [-0.3, -0.25) is 0 Å². The zero-order chi connectivity index (χ0) is 19.8. The number of hydrogen-bond donors (Lipinski definition) is 1. The molecule has 0 radical (unpaired) electrons. The lowest BCUT2D eigenvalue weighted by atomic mass is 9.99. The Morgan fingerprint density at radius 3 is 2.46 bits per heavy atom. The molecule has 1 aliphatic heterocycles. The third kappa shape index (κ3) is 10.1. The summed E-state index contributed by atoms with van der Waals surface area (Å²) in [4.78, 5) is 11.0. The molecule has 5 heteroatoms. The van der Waals surface area contributed by atoms with Crippen LogP contribution in [0.3, 0.4) is 0 Å². The van der Waals surface area contributed by atoms with Crippen molar-refractivity contribution in [3.05, 3.63) is 48.5 Å². The summed E-state index contributed by atoms with van der Waals surface area (Å²) in [5.41, 5.74) is 1.05. The largest absolute Gasteiger partial charge is 0.338 e. The molecule has 1 aliphatic rings. The highest BCUT2D eigenvalue weighted by Gasteiger charge is 2.12. The summed E-state index contributed by atoms with van der Waals surface area (Å²) in [5.74, 6) is 0.430. The average molecular weight is 363 g/mol. The Morgan fingerprint density at radius 1 is 1.27 bits per heavy atom. The van der Waals surface area contributed by atoms with Crippen LogP contribution in [-0.4, -0.2) is 43.3 Å². The van der Waals surface area contributed by atoms with Crippen molar-refractivity contribution in [1.29, 1.82) is 0 Å². The van der Waals surface area contributed by atoms with Gasteiger partial charge in [0.05, 0.1) is 0 Å². The fourth-order valence-corrected chi connectivity index (χ4v) is 2.35. The van der Waals surface area contributed by atoms with Crippen LogP contribution >= 0.6 is 0 Å². The van der Waals surface area contributed by atoms with Gasteiger partial charge in [-0.2, -0.15) is 0 Å². The van der Waals surface area contributed by atoms with E-state index in [9.17, 15) is 4.39 Å². The fourth-order valence-electron chi connectivity index (χ4n) is 2.35. The number of allylic oxidation sites excluding steroid dienone is 6. The normalized spacial score (nSPS) is 17.7. The molecular formula is C21H35FN4. The molecule has 1 saturated heterocycles. The van der Waals surface area contributed by atoms with E-state index < -0.39 is 5.83 Å². The number of nitrogens with zero attached hydrogens (tertiary/aromatic N) is 3. The predicted octanol–water partition coefficient (Wildman–Crippen LogP) is 4.89. The van der Waals surface area contributed by atoms with Crippen molar-refractivity contribution in [3.8, 4) is 0 Å². The molecule has 0 amide bonds. The van der Waals surface area contributed by atoms with Gasteiger partial charge in [0.2, 0.25) is 5.96 Å². The van der Waals surface area contributed by atoms with Crippen LogP contribution < -0.4 is 5.32 Å². The third-order valence-corrected chi connectivity index (χ3v) is 3.63. The number of halogens is 1. The lowest BCUT2D eigenvalue weighted by Gasteiger charge is -2.27. The molecule has 0 saturated carbocycles. The maximum atomic E-state index is 12.8. The summed E-state index contributed by atoms with van der Waals surface area (Å²) in [6, 6.07) is 0. The first-order chi connectivity index (χ1) is 12.6. The zero-order valence-corrected chi connectivity index (χ0v) is 17.0. The van der Waals surface area contributed by atoms with E-state index in [-0.39, 0.29) is 5.92 Å². The number of aliphatic imine (C=N–C) groups is 2. The Morgan fingerprint density at radius 2 is 1.92 bits per heavy atom. The maximum Gasteiger partial charge on any atom is 0.224 e. The lowest BCUT2D eigenvalue weighted by Crippen LogP contribution is -2.45. The summed E-state index contributed by atoms with van der Waals surface area (Å²) < 4.78 is 12.8. The van der Waals surface area contributed by atoms with Gasteiger partial charge in [-0.25, -0.2) is 14.4 Å². The summed E-state index contributed by atoms with van der Waals surface area (Å²) in [6.07, 6.45) is 11.7. The molecule has 1 unspecified atom stereocenters. The molecule has 0 spiro atoms. The minimum Gasteiger partial charge on any atom is -0.338 e. The molecule has 0 aromatic heterocycles. The molecular weight excluding hydrogens is 327 g/mol. The first-order valence-electron chi connectivity index (χ1n) is 9.49. The van der Waals surface area contributed by atoms with Crippen molar-refractivity contribution in [2.75, 3.05) is 26.2 Å². The smallest absolute Gasteiger partial charge is 0.224 e. The van der Waals surface area contributed by atoms with Crippen molar-refractivity contribution in [1.82, 2.24) is 10.2 Å². The van der Waals surface area contributed by atoms with Gasteiger partial charge in [0.15, 0.2) is 0 Å². The van der Waals surface area contributed by atoms with E-state index >= 15 is 0 Å². The molecule has 26 heavy (non-hydrogen) atoms. The number of guanidine groups is 1. The van der Waals surface area contributed by atoms with Gasteiger partial charge in [0.1, 0.15) is 5.83 Å². The number of nitrogens with one attached hydrogen (secondary N) is 1. The monoisotopic (exact) mass is 362 g/mol. The Labute approximate surface area is 159 Å².